The molecule has 0 saturated carbocycles. The standard InChI is InChI=1S/C14H18ClN5/c1-3-13-11(6-9(2)19-20-13)14(18-16)7-10-4-5-17-8-12(10)15/h4-6,8,14,18H,3,7,16H2,1-2H3. The van der Waals surface area contributed by atoms with E-state index in [-0.39, 0.29) is 6.04 Å². The van der Waals surface area contributed by atoms with Gasteiger partial charge >= 0.3 is 0 Å². The van der Waals surface area contributed by atoms with Crippen molar-refractivity contribution in [3.8, 4) is 0 Å². The average Bonchev–Trinajstić information content (AvgIpc) is 2.46. The van der Waals surface area contributed by atoms with Crippen LogP contribution in [0.15, 0.2) is 24.5 Å². The first kappa shape index (κ1) is 14.8. The third-order valence-electron chi connectivity index (χ3n) is 3.22. The zero-order chi connectivity index (χ0) is 14.5. The van der Waals surface area contributed by atoms with Gasteiger partial charge in [-0.3, -0.25) is 16.3 Å². The number of halogens is 1. The van der Waals surface area contributed by atoms with Crippen molar-refractivity contribution in [1.82, 2.24) is 20.6 Å². The number of aryl methyl sites for hydroxylation is 2. The van der Waals surface area contributed by atoms with Crippen LogP contribution in [-0.4, -0.2) is 15.2 Å². The Balaban J connectivity index is 2.33. The summed E-state index contributed by atoms with van der Waals surface area (Å²) >= 11 is 6.16. The zero-order valence-electron chi connectivity index (χ0n) is 11.6. The fraction of sp³-hybridized carbons (Fsp3) is 0.357. The van der Waals surface area contributed by atoms with Gasteiger partial charge in [0.25, 0.3) is 0 Å². The molecule has 0 amide bonds. The highest BCUT2D eigenvalue weighted by Crippen LogP contribution is 2.24. The number of hydrazine groups is 1. The van der Waals surface area contributed by atoms with Gasteiger partial charge in [-0.05, 0) is 43.0 Å². The van der Waals surface area contributed by atoms with Gasteiger partial charge in [0.05, 0.1) is 22.5 Å². The number of rotatable bonds is 5. The number of nitrogens with zero attached hydrogens (tertiary/aromatic N) is 3. The molecular formula is C14H18ClN5. The van der Waals surface area contributed by atoms with E-state index in [9.17, 15) is 0 Å². The zero-order valence-corrected chi connectivity index (χ0v) is 12.4. The Labute approximate surface area is 123 Å². The summed E-state index contributed by atoms with van der Waals surface area (Å²) < 4.78 is 0. The van der Waals surface area contributed by atoms with E-state index in [4.69, 9.17) is 17.4 Å². The molecule has 20 heavy (non-hydrogen) atoms. The minimum absolute atomic E-state index is 0.0564. The summed E-state index contributed by atoms with van der Waals surface area (Å²) in [5.41, 5.74) is 6.74. The summed E-state index contributed by atoms with van der Waals surface area (Å²) in [6.07, 6.45) is 4.85. The predicted octanol–water partition coefficient (Wildman–Crippen LogP) is 2.14. The maximum atomic E-state index is 6.16. The van der Waals surface area contributed by atoms with Gasteiger partial charge in [0, 0.05) is 12.4 Å². The predicted molar refractivity (Wildman–Crippen MR) is 79.2 cm³/mol. The molecule has 0 bridgehead atoms. The van der Waals surface area contributed by atoms with E-state index in [0.717, 1.165) is 28.9 Å². The lowest BCUT2D eigenvalue weighted by molar-refractivity contribution is 0.541. The molecule has 0 radical (unpaired) electrons. The molecule has 5 nitrogen and oxygen atoms in total. The van der Waals surface area contributed by atoms with Crippen LogP contribution in [0.25, 0.3) is 0 Å². The van der Waals surface area contributed by atoms with Crippen LogP contribution in [0.5, 0.6) is 0 Å². The van der Waals surface area contributed by atoms with Crippen LogP contribution in [0, 0.1) is 6.92 Å². The molecule has 2 heterocycles. The van der Waals surface area contributed by atoms with Crippen molar-refractivity contribution in [2.45, 2.75) is 32.7 Å². The molecule has 2 aromatic heterocycles. The van der Waals surface area contributed by atoms with Crippen LogP contribution in [0.4, 0.5) is 0 Å². The highest BCUT2D eigenvalue weighted by Gasteiger charge is 2.17. The lowest BCUT2D eigenvalue weighted by Crippen LogP contribution is -2.31. The minimum Gasteiger partial charge on any atom is -0.271 e. The van der Waals surface area contributed by atoms with Crippen molar-refractivity contribution in [2.75, 3.05) is 0 Å². The van der Waals surface area contributed by atoms with Gasteiger partial charge in [-0.2, -0.15) is 10.2 Å². The van der Waals surface area contributed by atoms with Crippen molar-refractivity contribution in [2.24, 2.45) is 5.84 Å². The third-order valence-corrected chi connectivity index (χ3v) is 3.56. The largest absolute Gasteiger partial charge is 0.271 e. The van der Waals surface area contributed by atoms with E-state index in [2.05, 4.69) is 27.5 Å². The topological polar surface area (TPSA) is 76.7 Å². The first-order chi connectivity index (χ1) is 9.65. The summed E-state index contributed by atoms with van der Waals surface area (Å²) in [4.78, 5) is 3.99. The van der Waals surface area contributed by atoms with Crippen molar-refractivity contribution < 1.29 is 0 Å². The smallest absolute Gasteiger partial charge is 0.0676 e. The Morgan fingerprint density at radius 3 is 2.85 bits per heavy atom. The van der Waals surface area contributed by atoms with Crippen molar-refractivity contribution >= 4 is 11.6 Å². The highest BCUT2D eigenvalue weighted by atomic mass is 35.5. The number of pyridine rings is 1. The second-order valence-corrected chi connectivity index (χ2v) is 5.04. The van der Waals surface area contributed by atoms with E-state index in [1.54, 1.807) is 12.4 Å². The van der Waals surface area contributed by atoms with Gasteiger partial charge in [0.1, 0.15) is 0 Å². The van der Waals surface area contributed by atoms with E-state index >= 15 is 0 Å². The molecule has 0 spiro atoms. The molecule has 2 rings (SSSR count). The molecule has 0 aliphatic carbocycles. The Morgan fingerprint density at radius 1 is 1.40 bits per heavy atom. The Bertz CT molecular complexity index is 588. The quantitative estimate of drug-likeness (QED) is 0.652. The molecule has 0 aromatic carbocycles. The van der Waals surface area contributed by atoms with Gasteiger partial charge in [-0.1, -0.05) is 18.5 Å². The maximum absolute atomic E-state index is 6.16. The summed E-state index contributed by atoms with van der Waals surface area (Å²) in [6, 6.07) is 3.87. The van der Waals surface area contributed by atoms with E-state index < -0.39 is 0 Å². The second-order valence-electron chi connectivity index (χ2n) is 4.63. The van der Waals surface area contributed by atoms with Crippen LogP contribution < -0.4 is 11.3 Å². The fourth-order valence-electron chi connectivity index (χ4n) is 2.16. The maximum Gasteiger partial charge on any atom is 0.0676 e. The van der Waals surface area contributed by atoms with Crippen molar-refractivity contribution in [1.29, 1.82) is 0 Å². The first-order valence-electron chi connectivity index (χ1n) is 6.53. The molecule has 3 N–H and O–H groups in total. The van der Waals surface area contributed by atoms with Gasteiger partial charge in [0.2, 0.25) is 0 Å². The van der Waals surface area contributed by atoms with Gasteiger partial charge in [-0.15, -0.1) is 0 Å². The lowest BCUT2D eigenvalue weighted by atomic mass is 9.97. The Hall–Kier alpha value is -1.56. The Kier molecular flexibility index (Phi) is 5.00. The summed E-state index contributed by atoms with van der Waals surface area (Å²) in [5, 5.41) is 8.98. The SMILES string of the molecule is CCc1nnc(C)cc1C(Cc1ccncc1Cl)NN. The number of nitrogens with one attached hydrogen (secondary N) is 1. The van der Waals surface area contributed by atoms with Crippen LogP contribution in [0.2, 0.25) is 5.02 Å². The number of hydrogen-bond acceptors (Lipinski definition) is 5. The highest BCUT2D eigenvalue weighted by molar-refractivity contribution is 6.31. The van der Waals surface area contributed by atoms with Crippen LogP contribution >= 0.6 is 11.6 Å². The summed E-state index contributed by atoms with van der Waals surface area (Å²) in [6.45, 7) is 3.97. The second kappa shape index (κ2) is 6.74. The van der Waals surface area contributed by atoms with Gasteiger partial charge in [-0.25, -0.2) is 0 Å². The van der Waals surface area contributed by atoms with Crippen LogP contribution in [0.1, 0.15) is 35.5 Å². The number of aromatic nitrogens is 3. The fourth-order valence-corrected chi connectivity index (χ4v) is 2.36. The molecule has 1 unspecified atom stereocenters. The van der Waals surface area contributed by atoms with Crippen molar-refractivity contribution in [3.05, 3.63) is 52.1 Å². The molecule has 106 valence electrons. The van der Waals surface area contributed by atoms with Crippen molar-refractivity contribution in [3.63, 3.8) is 0 Å². The molecule has 0 fully saturated rings. The molecule has 6 heteroatoms. The first-order valence-corrected chi connectivity index (χ1v) is 6.91. The molecule has 1 atom stereocenters. The summed E-state index contributed by atoms with van der Waals surface area (Å²) in [5.74, 6) is 5.72. The number of nitrogens with two attached hydrogens (primary N) is 1. The average molecular weight is 292 g/mol. The van der Waals surface area contributed by atoms with Gasteiger partial charge < -0.3 is 0 Å². The molecule has 2 aromatic rings. The lowest BCUT2D eigenvalue weighted by Gasteiger charge is -2.19. The van der Waals surface area contributed by atoms with Crippen LogP contribution in [0.3, 0.4) is 0 Å². The molecule has 0 saturated heterocycles. The van der Waals surface area contributed by atoms with E-state index in [1.807, 2.05) is 19.1 Å². The Morgan fingerprint density at radius 2 is 2.20 bits per heavy atom. The van der Waals surface area contributed by atoms with Crippen LogP contribution in [-0.2, 0) is 12.8 Å². The monoisotopic (exact) mass is 291 g/mol. The minimum atomic E-state index is -0.0564. The van der Waals surface area contributed by atoms with E-state index in [1.165, 1.54) is 0 Å². The summed E-state index contributed by atoms with van der Waals surface area (Å²) in [7, 11) is 0. The third kappa shape index (κ3) is 3.30. The molecule has 0 aliphatic heterocycles. The number of hydrogen-bond donors (Lipinski definition) is 2. The van der Waals surface area contributed by atoms with E-state index in [0.29, 0.717) is 11.4 Å². The molecular weight excluding hydrogens is 274 g/mol. The normalized spacial score (nSPS) is 12.4. The van der Waals surface area contributed by atoms with Gasteiger partial charge in [0.15, 0.2) is 0 Å². The molecule has 0 aliphatic rings.